The Morgan fingerprint density at radius 1 is 1.07 bits per heavy atom. The summed E-state index contributed by atoms with van der Waals surface area (Å²) in [6, 6.07) is 3.14. The third-order valence-corrected chi connectivity index (χ3v) is 3.78. The molecule has 0 aliphatic rings. The second kappa shape index (κ2) is 12.3. The number of nitrogens with one attached hydrogen (secondary N) is 1. The van der Waals surface area contributed by atoms with Gasteiger partial charge in [-0.2, -0.15) is 0 Å². The van der Waals surface area contributed by atoms with Gasteiger partial charge in [0.25, 0.3) is 0 Å². The molecule has 1 rings (SSSR count). The fourth-order valence-corrected chi connectivity index (χ4v) is 2.56. The average Bonchev–Trinajstić information content (AvgIpc) is 2.61. The van der Waals surface area contributed by atoms with E-state index < -0.39 is 29.3 Å². The molecule has 0 unspecified atom stereocenters. The maximum absolute atomic E-state index is 12.5. The normalized spacial score (nSPS) is 10.4. The van der Waals surface area contributed by atoms with E-state index in [2.05, 4.69) is 5.32 Å². The largest absolute Gasteiger partial charge is 1.00 e. The van der Waals surface area contributed by atoms with Crippen LogP contribution in [0.3, 0.4) is 0 Å². The van der Waals surface area contributed by atoms with Crippen molar-refractivity contribution in [1.82, 2.24) is 5.32 Å². The van der Waals surface area contributed by atoms with E-state index in [0.29, 0.717) is 18.5 Å². The molecule has 0 aliphatic heterocycles. The Morgan fingerprint density at radius 3 is 1.96 bits per heavy atom. The summed E-state index contributed by atoms with van der Waals surface area (Å²) >= 11 is 0. The number of nitrogens with two attached hydrogens (primary N) is 1. The van der Waals surface area contributed by atoms with Crippen LogP contribution in [-0.2, 0) is 30.4 Å². The summed E-state index contributed by atoms with van der Waals surface area (Å²) in [7, 11) is 0. The molecule has 0 radical (unpaired) electrons. The minimum atomic E-state index is -1.90. The molecule has 10 heteroatoms. The number of nitrogens with zero attached hydrogens (tertiary/aromatic N) is 1. The van der Waals surface area contributed by atoms with Crippen LogP contribution in [0.25, 0.3) is 0 Å². The summed E-state index contributed by atoms with van der Waals surface area (Å²) in [5, 5.41) is 2.41. The highest BCUT2D eigenvalue weighted by molar-refractivity contribution is 6.07. The number of aromatic nitrogens is 1. The summed E-state index contributed by atoms with van der Waals surface area (Å²) in [6.07, 6.45) is 3.68. The quantitative estimate of drug-likeness (QED) is 0.149. The predicted octanol–water partition coefficient (Wildman–Crippen LogP) is -3.14. The van der Waals surface area contributed by atoms with Crippen molar-refractivity contribution in [2.45, 2.75) is 45.7 Å². The van der Waals surface area contributed by atoms with Crippen LogP contribution < -0.4 is 39.6 Å². The molecule has 2 amide bonds. The van der Waals surface area contributed by atoms with Gasteiger partial charge in [-0.3, -0.25) is 9.59 Å². The van der Waals surface area contributed by atoms with E-state index in [1.807, 2.05) is 0 Å². The zero-order valence-electron chi connectivity index (χ0n) is 16.2. The molecular weight excluding hydrogens is 481 g/mol. The lowest BCUT2D eigenvalue weighted by molar-refractivity contribution is -0.697. The van der Waals surface area contributed by atoms with Crippen molar-refractivity contribution in [2.75, 3.05) is 13.2 Å². The number of hydrogen-bond donors (Lipinski definition) is 2. The van der Waals surface area contributed by atoms with E-state index in [-0.39, 0.29) is 43.6 Å². The molecule has 0 aliphatic carbocycles. The molecular formula is C18H26IN3O6. The van der Waals surface area contributed by atoms with Crippen LogP contribution in [0, 0.1) is 0 Å². The standard InChI is InChI=1S/C18H25N3O6.HI/c1-4-26-16(24)18(20-13(3)22,17(25)27-5-2)9-6-10-21-11-7-14(8-12-21)15(19)23;/h7-8,11-12H,4-6,9-10H2,1-3H3,(H2-,19,20,22,23);1H. The highest BCUT2D eigenvalue weighted by Crippen LogP contribution is 2.19. The average molecular weight is 507 g/mol. The second-order valence-electron chi connectivity index (χ2n) is 5.82. The summed E-state index contributed by atoms with van der Waals surface area (Å²) < 4.78 is 11.8. The molecule has 0 atom stereocenters. The van der Waals surface area contributed by atoms with E-state index in [0.717, 1.165) is 0 Å². The van der Waals surface area contributed by atoms with Crippen LogP contribution in [0.15, 0.2) is 24.5 Å². The molecule has 0 fully saturated rings. The van der Waals surface area contributed by atoms with Crippen LogP contribution >= 0.6 is 0 Å². The van der Waals surface area contributed by atoms with Crippen molar-refractivity contribution in [3.8, 4) is 0 Å². The number of carbonyl (C=O) groups is 4. The lowest BCUT2D eigenvalue weighted by Crippen LogP contribution is -3.00. The number of esters is 2. The van der Waals surface area contributed by atoms with Crippen LogP contribution in [0.4, 0.5) is 0 Å². The highest BCUT2D eigenvalue weighted by Gasteiger charge is 2.49. The zero-order chi connectivity index (χ0) is 20.4. The van der Waals surface area contributed by atoms with Gasteiger partial charge in [-0.25, -0.2) is 14.2 Å². The third kappa shape index (κ3) is 7.06. The first-order chi connectivity index (χ1) is 12.8. The first-order valence-corrected chi connectivity index (χ1v) is 8.69. The van der Waals surface area contributed by atoms with E-state index in [9.17, 15) is 19.2 Å². The number of ether oxygens (including phenoxy) is 2. The monoisotopic (exact) mass is 507 g/mol. The summed E-state index contributed by atoms with van der Waals surface area (Å²) in [6.45, 7) is 4.98. The van der Waals surface area contributed by atoms with Gasteiger partial charge in [0.05, 0.1) is 18.8 Å². The third-order valence-electron chi connectivity index (χ3n) is 3.78. The molecule has 156 valence electrons. The van der Waals surface area contributed by atoms with Gasteiger partial charge in [-0.05, 0) is 20.3 Å². The van der Waals surface area contributed by atoms with Gasteiger partial charge >= 0.3 is 11.9 Å². The number of pyridine rings is 1. The minimum absolute atomic E-state index is 0. The van der Waals surface area contributed by atoms with Gasteiger partial charge in [0.15, 0.2) is 12.4 Å². The molecule has 9 nitrogen and oxygen atoms in total. The SMILES string of the molecule is CCOC(=O)C(CCC[n+]1ccc(C(N)=O)cc1)(NC(C)=O)C(=O)OCC.[I-]. The van der Waals surface area contributed by atoms with Crippen molar-refractivity contribution in [2.24, 2.45) is 5.73 Å². The van der Waals surface area contributed by atoms with Crippen LogP contribution in [0.2, 0.25) is 0 Å². The Kier molecular flexibility index (Phi) is 11.3. The van der Waals surface area contributed by atoms with E-state index in [1.165, 1.54) is 6.92 Å². The van der Waals surface area contributed by atoms with Gasteiger partial charge in [0.2, 0.25) is 17.4 Å². The second-order valence-corrected chi connectivity index (χ2v) is 5.82. The molecule has 1 aromatic rings. The molecule has 1 aromatic heterocycles. The van der Waals surface area contributed by atoms with Gasteiger partial charge < -0.3 is 44.5 Å². The molecule has 0 saturated heterocycles. The van der Waals surface area contributed by atoms with Crippen LogP contribution in [0.5, 0.6) is 0 Å². The smallest absolute Gasteiger partial charge is 0.343 e. The Morgan fingerprint density at radius 2 is 1.57 bits per heavy atom. The van der Waals surface area contributed by atoms with Crippen LogP contribution in [-0.4, -0.2) is 42.5 Å². The number of carbonyl (C=O) groups excluding carboxylic acids is 4. The summed E-state index contributed by atoms with van der Waals surface area (Å²) in [5.41, 5.74) is 3.67. The van der Waals surface area contributed by atoms with E-state index >= 15 is 0 Å². The fourth-order valence-electron chi connectivity index (χ4n) is 2.56. The number of primary amides is 1. The summed E-state index contributed by atoms with van der Waals surface area (Å²) in [4.78, 5) is 47.7. The fraction of sp³-hybridized carbons (Fsp3) is 0.500. The molecule has 0 bridgehead atoms. The molecule has 3 N–H and O–H groups in total. The van der Waals surface area contributed by atoms with Crippen LogP contribution in [0.1, 0.15) is 44.0 Å². The number of hydrogen-bond acceptors (Lipinski definition) is 6. The molecule has 0 aromatic carbocycles. The molecule has 28 heavy (non-hydrogen) atoms. The Labute approximate surface area is 181 Å². The lowest BCUT2D eigenvalue weighted by atomic mass is 9.92. The predicted molar refractivity (Wildman–Crippen MR) is 94.2 cm³/mol. The Bertz CT molecular complexity index is 675. The minimum Gasteiger partial charge on any atom is -1.00 e. The Balaban J connectivity index is 0.00000729. The Hall–Kier alpha value is -2.24. The van der Waals surface area contributed by atoms with Crippen molar-refractivity contribution >= 4 is 23.8 Å². The van der Waals surface area contributed by atoms with E-state index in [1.54, 1.807) is 42.9 Å². The first-order valence-electron chi connectivity index (χ1n) is 8.69. The number of amides is 2. The van der Waals surface area contributed by atoms with Crippen molar-refractivity contribution in [1.29, 1.82) is 0 Å². The van der Waals surface area contributed by atoms with Gasteiger partial charge in [-0.1, -0.05) is 0 Å². The van der Waals surface area contributed by atoms with Crippen molar-refractivity contribution in [3.05, 3.63) is 30.1 Å². The lowest BCUT2D eigenvalue weighted by Gasteiger charge is -2.29. The van der Waals surface area contributed by atoms with Gasteiger partial charge in [-0.15, -0.1) is 0 Å². The summed E-state index contributed by atoms with van der Waals surface area (Å²) in [5.74, 6) is -2.79. The molecule has 1 heterocycles. The number of rotatable bonds is 10. The highest BCUT2D eigenvalue weighted by atomic mass is 127. The topological polar surface area (TPSA) is 129 Å². The van der Waals surface area contributed by atoms with Crippen molar-refractivity contribution in [3.63, 3.8) is 0 Å². The van der Waals surface area contributed by atoms with Crippen molar-refractivity contribution < 1.29 is 57.2 Å². The first kappa shape index (κ1) is 25.8. The van der Waals surface area contributed by atoms with Gasteiger partial charge in [0.1, 0.15) is 6.54 Å². The molecule has 0 saturated carbocycles. The maximum Gasteiger partial charge on any atom is 0.343 e. The van der Waals surface area contributed by atoms with Gasteiger partial charge in [0, 0.05) is 25.5 Å². The maximum atomic E-state index is 12.5. The molecule has 0 spiro atoms. The number of aryl methyl sites for hydroxylation is 1. The zero-order valence-corrected chi connectivity index (χ0v) is 18.4. The van der Waals surface area contributed by atoms with E-state index in [4.69, 9.17) is 15.2 Å². The number of halogens is 1.